The van der Waals surface area contributed by atoms with Crippen LogP contribution in [0.1, 0.15) is 20.3 Å². The van der Waals surface area contributed by atoms with Crippen LogP contribution in [-0.2, 0) is 4.79 Å². The van der Waals surface area contributed by atoms with Crippen LogP contribution in [0.25, 0.3) is 0 Å². The van der Waals surface area contributed by atoms with Crippen LogP contribution in [0.2, 0.25) is 0 Å². The van der Waals surface area contributed by atoms with Crippen LogP contribution < -0.4 is 0 Å². The lowest BCUT2D eigenvalue weighted by Gasteiger charge is -2.42. The number of hydrogen-bond donors (Lipinski definition) is 0. The average molecular weight is 240 g/mol. The first-order valence-corrected chi connectivity index (χ1v) is 5.53. The van der Waals surface area contributed by atoms with Crippen LogP contribution in [0.5, 0.6) is 0 Å². The molecule has 2 nitrogen and oxygen atoms in total. The van der Waals surface area contributed by atoms with Gasteiger partial charge >= 0.3 is 0 Å². The molecular weight excluding hydrogens is 224 g/mol. The van der Waals surface area contributed by atoms with E-state index in [0.717, 1.165) is 0 Å². The molecule has 1 aliphatic heterocycles. The molecule has 1 heterocycles. The number of nitrogens with zero attached hydrogens (tertiary/aromatic N) is 1. The maximum atomic E-state index is 12.0. The second-order valence-corrected chi connectivity index (χ2v) is 4.99. The molecule has 0 N–H and O–H groups in total. The molecule has 0 aromatic rings. The standard InChI is InChI=1S/C10H16ClF2NO/c1-10(2,6-11)9(15)14-4-7(5-14)3-8(12)13/h7-8H,3-6H2,1-2H3. The number of halogens is 3. The smallest absolute Gasteiger partial charge is 0.239 e. The third-order valence-corrected chi connectivity index (χ3v) is 3.34. The molecule has 15 heavy (non-hydrogen) atoms. The highest BCUT2D eigenvalue weighted by atomic mass is 35.5. The number of rotatable bonds is 4. The number of alkyl halides is 3. The number of carbonyl (C=O) groups excluding carboxylic acids is 1. The van der Waals surface area contributed by atoms with Crippen LogP contribution >= 0.6 is 11.6 Å². The predicted octanol–water partition coefficient (Wildman–Crippen LogP) is 2.37. The number of likely N-dealkylation sites (tertiary alicyclic amines) is 1. The van der Waals surface area contributed by atoms with Crippen molar-refractivity contribution in [1.29, 1.82) is 0 Å². The fraction of sp³-hybridized carbons (Fsp3) is 0.900. The summed E-state index contributed by atoms with van der Waals surface area (Å²) in [6, 6.07) is 0. The molecule has 1 amide bonds. The highest BCUT2D eigenvalue weighted by molar-refractivity contribution is 6.19. The minimum Gasteiger partial charge on any atom is -0.342 e. The zero-order chi connectivity index (χ0) is 11.6. The van der Waals surface area contributed by atoms with Crippen molar-refractivity contribution in [2.75, 3.05) is 19.0 Å². The maximum Gasteiger partial charge on any atom is 0.239 e. The van der Waals surface area contributed by atoms with Crippen LogP contribution in [0.3, 0.4) is 0 Å². The normalized spacial score (nSPS) is 18.1. The zero-order valence-electron chi connectivity index (χ0n) is 8.97. The molecule has 0 atom stereocenters. The van der Waals surface area contributed by atoms with E-state index < -0.39 is 11.8 Å². The predicted molar refractivity (Wildman–Crippen MR) is 55.2 cm³/mol. The summed E-state index contributed by atoms with van der Waals surface area (Å²) in [6.45, 7) is 4.43. The van der Waals surface area contributed by atoms with Gasteiger partial charge in [-0.2, -0.15) is 0 Å². The van der Waals surface area contributed by atoms with E-state index in [0.29, 0.717) is 13.1 Å². The van der Waals surface area contributed by atoms with Crippen molar-refractivity contribution in [3.05, 3.63) is 0 Å². The summed E-state index contributed by atoms with van der Waals surface area (Å²) in [5, 5.41) is 0. The van der Waals surface area contributed by atoms with E-state index in [1.807, 2.05) is 0 Å². The van der Waals surface area contributed by atoms with Gasteiger partial charge in [-0.3, -0.25) is 4.79 Å². The topological polar surface area (TPSA) is 20.3 Å². The van der Waals surface area contributed by atoms with Crippen LogP contribution in [-0.4, -0.2) is 36.2 Å². The summed E-state index contributed by atoms with van der Waals surface area (Å²) < 4.78 is 24.0. The Hall–Kier alpha value is -0.380. The minimum absolute atomic E-state index is 0.0389. The number of carbonyl (C=O) groups is 1. The van der Waals surface area contributed by atoms with Crippen LogP contribution in [0.4, 0.5) is 8.78 Å². The lowest BCUT2D eigenvalue weighted by atomic mass is 9.89. The van der Waals surface area contributed by atoms with Gasteiger partial charge in [-0.15, -0.1) is 11.6 Å². The van der Waals surface area contributed by atoms with Gasteiger partial charge in [0.25, 0.3) is 0 Å². The summed E-state index contributed by atoms with van der Waals surface area (Å²) in [5.74, 6) is 0.171. The Morgan fingerprint density at radius 1 is 1.53 bits per heavy atom. The third kappa shape index (κ3) is 3.03. The molecule has 1 saturated heterocycles. The van der Waals surface area contributed by atoms with E-state index in [1.54, 1.807) is 18.7 Å². The first kappa shape index (κ1) is 12.7. The molecule has 0 saturated carbocycles. The van der Waals surface area contributed by atoms with E-state index >= 15 is 0 Å². The fourth-order valence-electron chi connectivity index (χ4n) is 1.62. The van der Waals surface area contributed by atoms with Gasteiger partial charge < -0.3 is 4.90 Å². The fourth-order valence-corrected chi connectivity index (χ4v) is 1.74. The van der Waals surface area contributed by atoms with Crippen molar-refractivity contribution in [2.45, 2.75) is 26.7 Å². The van der Waals surface area contributed by atoms with E-state index in [2.05, 4.69) is 0 Å². The van der Waals surface area contributed by atoms with Crippen molar-refractivity contribution in [2.24, 2.45) is 11.3 Å². The SMILES string of the molecule is CC(C)(CCl)C(=O)N1CC(CC(F)F)C1. The van der Waals surface area contributed by atoms with Crippen molar-refractivity contribution >= 4 is 17.5 Å². The zero-order valence-corrected chi connectivity index (χ0v) is 9.73. The van der Waals surface area contributed by atoms with Gasteiger partial charge in [0, 0.05) is 25.4 Å². The van der Waals surface area contributed by atoms with Crippen LogP contribution in [0, 0.1) is 11.3 Å². The van der Waals surface area contributed by atoms with Gasteiger partial charge in [-0.05, 0) is 19.8 Å². The van der Waals surface area contributed by atoms with Gasteiger partial charge in [-0.25, -0.2) is 8.78 Å². The van der Waals surface area contributed by atoms with Gasteiger partial charge in [0.2, 0.25) is 12.3 Å². The molecule has 0 aromatic carbocycles. The molecule has 88 valence electrons. The van der Waals surface area contributed by atoms with Crippen molar-refractivity contribution in [3.8, 4) is 0 Å². The molecule has 0 bridgehead atoms. The Kier molecular flexibility index (Phi) is 3.93. The van der Waals surface area contributed by atoms with Crippen molar-refractivity contribution in [3.63, 3.8) is 0 Å². The molecule has 0 radical (unpaired) electrons. The first-order valence-electron chi connectivity index (χ1n) is 5.00. The molecule has 1 fully saturated rings. The second-order valence-electron chi connectivity index (χ2n) is 4.72. The highest BCUT2D eigenvalue weighted by Crippen LogP contribution is 2.28. The summed E-state index contributed by atoms with van der Waals surface area (Å²) in [6.07, 6.45) is -2.38. The van der Waals surface area contributed by atoms with Crippen LogP contribution in [0.15, 0.2) is 0 Å². The molecule has 0 aliphatic carbocycles. The van der Waals surface area contributed by atoms with E-state index in [4.69, 9.17) is 11.6 Å². The Morgan fingerprint density at radius 2 is 2.07 bits per heavy atom. The number of hydrogen-bond acceptors (Lipinski definition) is 1. The lowest BCUT2D eigenvalue weighted by Crippen LogP contribution is -2.54. The van der Waals surface area contributed by atoms with E-state index in [1.165, 1.54) is 0 Å². The van der Waals surface area contributed by atoms with Gasteiger partial charge in [0.05, 0.1) is 5.41 Å². The Labute approximate surface area is 93.6 Å². The summed E-state index contributed by atoms with van der Waals surface area (Å²) in [5.41, 5.74) is -0.586. The Morgan fingerprint density at radius 3 is 2.47 bits per heavy atom. The monoisotopic (exact) mass is 239 g/mol. The Bertz CT molecular complexity index is 240. The average Bonchev–Trinajstić information content (AvgIpc) is 2.09. The van der Waals surface area contributed by atoms with E-state index in [-0.39, 0.29) is 24.1 Å². The van der Waals surface area contributed by atoms with Gasteiger partial charge in [0.15, 0.2) is 0 Å². The maximum absolute atomic E-state index is 12.0. The minimum atomic E-state index is -2.27. The van der Waals surface area contributed by atoms with E-state index in [9.17, 15) is 13.6 Å². The quantitative estimate of drug-likeness (QED) is 0.690. The van der Waals surface area contributed by atoms with Gasteiger partial charge in [-0.1, -0.05) is 0 Å². The largest absolute Gasteiger partial charge is 0.342 e. The third-order valence-electron chi connectivity index (χ3n) is 2.67. The van der Waals surface area contributed by atoms with Crippen molar-refractivity contribution in [1.82, 2.24) is 4.90 Å². The summed E-state index contributed by atoms with van der Waals surface area (Å²) in [4.78, 5) is 13.4. The molecule has 1 rings (SSSR count). The molecule has 0 spiro atoms. The van der Waals surface area contributed by atoms with Gasteiger partial charge in [0.1, 0.15) is 0 Å². The first-order chi connectivity index (χ1) is 6.86. The molecule has 1 aliphatic rings. The lowest BCUT2D eigenvalue weighted by molar-refractivity contribution is -0.146. The molecular formula is C10H16ClF2NO. The highest BCUT2D eigenvalue weighted by Gasteiger charge is 2.38. The molecule has 0 unspecified atom stereocenters. The summed E-state index contributed by atoms with van der Waals surface area (Å²) in [7, 11) is 0. The van der Waals surface area contributed by atoms with Crippen molar-refractivity contribution < 1.29 is 13.6 Å². The molecule has 0 aromatic heterocycles. The second kappa shape index (κ2) is 4.64. The summed E-state index contributed by atoms with van der Waals surface area (Å²) >= 11 is 5.67. The Balaban J connectivity index is 2.36. The molecule has 5 heteroatoms. The number of amides is 1.